The number of rotatable bonds is 6. The van der Waals surface area contributed by atoms with Gasteiger partial charge in [-0.1, -0.05) is 0 Å². The number of aromatic nitrogens is 2. The third kappa shape index (κ3) is 4.98. The van der Waals surface area contributed by atoms with Crippen molar-refractivity contribution in [1.82, 2.24) is 14.7 Å². The van der Waals surface area contributed by atoms with Gasteiger partial charge in [0.05, 0.1) is 0 Å². The number of anilines is 2. The van der Waals surface area contributed by atoms with Crippen LogP contribution in [0.2, 0.25) is 0 Å². The van der Waals surface area contributed by atoms with Crippen LogP contribution in [0.3, 0.4) is 0 Å². The molecule has 0 spiro atoms. The van der Waals surface area contributed by atoms with Crippen LogP contribution in [0.1, 0.15) is 12.0 Å². The first kappa shape index (κ1) is 18.3. The van der Waals surface area contributed by atoms with Gasteiger partial charge >= 0.3 is 0 Å². The van der Waals surface area contributed by atoms with Crippen molar-refractivity contribution < 1.29 is 13.2 Å². The standard InChI is InChI=1S/C14H16BrN5O3S/c1-9-2-4-17-12(6-9)20-13(21)3-5-19-24(22,23)11-7-10(15)8-18-14(11)16/h2,4,6-8,19H,3,5H2,1H3,(H2,16,18)(H,17,20,21). The molecule has 0 radical (unpaired) electrons. The van der Waals surface area contributed by atoms with Crippen LogP contribution in [-0.4, -0.2) is 30.8 Å². The first-order chi connectivity index (χ1) is 11.3. The van der Waals surface area contributed by atoms with Gasteiger partial charge in [0.2, 0.25) is 15.9 Å². The molecule has 2 rings (SSSR count). The predicted molar refractivity (Wildman–Crippen MR) is 93.8 cm³/mol. The van der Waals surface area contributed by atoms with Gasteiger partial charge in [-0.15, -0.1) is 0 Å². The summed E-state index contributed by atoms with van der Waals surface area (Å²) in [5, 5.41) is 2.60. The molecule has 2 aromatic heterocycles. The summed E-state index contributed by atoms with van der Waals surface area (Å²) < 4.78 is 27.2. The van der Waals surface area contributed by atoms with E-state index in [1.54, 1.807) is 18.3 Å². The van der Waals surface area contributed by atoms with Crippen LogP contribution in [0.5, 0.6) is 0 Å². The molecule has 0 fully saturated rings. The van der Waals surface area contributed by atoms with Crippen molar-refractivity contribution in [2.75, 3.05) is 17.6 Å². The summed E-state index contributed by atoms with van der Waals surface area (Å²) in [6, 6.07) is 4.87. The van der Waals surface area contributed by atoms with Gasteiger partial charge in [-0.2, -0.15) is 0 Å². The van der Waals surface area contributed by atoms with Gasteiger partial charge in [0.15, 0.2) is 0 Å². The highest BCUT2D eigenvalue weighted by Crippen LogP contribution is 2.20. The van der Waals surface area contributed by atoms with E-state index in [9.17, 15) is 13.2 Å². The van der Waals surface area contributed by atoms with Gasteiger partial charge < -0.3 is 11.1 Å². The molecule has 0 saturated heterocycles. The highest BCUT2D eigenvalue weighted by atomic mass is 79.9. The van der Waals surface area contributed by atoms with Crippen molar-refractivity contribution >= 4 is 43.5 Å². The fraction of sp³-hybridized carbons (Fsp3) is 0.214. The zero-order valence-corrected chi connectivity index (χ0v) is 15.2. The summed E-state index contributed by atoms with van der Waals surface area (Å²) in [5.74, 6) is -0.0430. The molecule has 0 bridgehead atoms. The topological polar surface area (TPSA) is 127 Å². The Morgan fingerprint density at radius 2 is 2.08 bits per heavy atom. The molecule has 0 aromatic carbocycles. The van der Waals surface area contributed by atoms with Gasteiger partial charge in [0.1, 0.15) is 16.5 Å². The maximum absolute atomic E-state index is 12.2. The van der Waals surface area contributed by atoms with Gasteiger partial charge in [-0.3, -0.25) is 4.79 Å². The van der Waals surface area contributed by atoms with Crippen LogP contribution >= 0.6 is 15.9 Å². The van der Waals surface area contributed by atoms with Crippen LogP contribution < -0.4 is 15.8 Å². The number of nitrogens with two attached hydrogens (primary N) is 1. The second kappa shape index (κ2) is 7.69. The number of hydrogen-bond acceptors (Lipinski definition) is 6. The van der Waals surface area contributed by atoms with Crippen LogP contribution in [-0.2, 0) is 14.8 Å². The Morgan fingerprint density at radius 3 is 2.79 bits per heavy atom. The number of carbonyl (C=O) groups is 1. The van der Waals surface area contributed by atoms with E-state index in [0.717, 1.165) is 5.56 Å². The third-order valence-corrected chi connectivity index (χ3v) is 4.89. The van der Waals surface area contributed by atoms with Crippen molar-refractivity contribution in [3.8, 4) is 0 Å². The summed E-state index contributed by atoms with van der Waals surface area (Å²) in [6.45, 7) is 1.80. The van der Waals surface area contributed by atoms with Crippen molar-refractivity contribution in [2.24, 2.45) is 0 Å². The number of nitrogens with one attached hydrogen (secondary N) is 2. The SMILES string of the molecule is Cc1ccnc(NC(=O)CCNS(=O)(=O)c2cc(Br)cnc2N)c1. The maximum Gasteiger partial charge on any atom is 0.244 e. The van der Waals surface area contributed by atoms with Crippen molar-refractivity contribution in [3.05, 3.63) is 40.6 Å². The molecule has 2 heterocycles. The maximum atomic E-state index is 12.2. The first-order valence-corrected chi connectivity index (χ1v) is 9.19. The highest BCUT2D eigenvalue weighted by molar-refractivity contribution is 9.10. The quantitative estimate of drug-likeness (QED) is 0.657. The number of amides is 1. The van der Waals surface area contributed by atoms with Gasteiger partial charge in [0, 0.05) is 29.8 Å². The predicted octanol–water partition coefficient (Wildman–Crippen LogP) is 1.44. The minimum atomic E-state index is -3.85. The summed E-state index contributed by atoms with van der Waals surface area (Å²) in [6.07, 6.45) is 2.93. The van der Waals surface area contributed by atoms with E-state index in [1.807, 2.05) is 6.92 Å². The number of pyridine rings is 2. The monoisotopic (exact) mass is 413 g/mol. The minimum Gasteiger partial charge on any atom is -0.383 e. The van der Waals surface area contributed by atoms with E-state index in [1.165, 1.54) is 12.3 Å². The lowest BCUT2D eigenvalue weighted by Gasteiger charge is -2.09. The van der Waals surface area contributed by atoms with Crippen LogP contribution in [0.4, 0.5) is 11.6 Å². The average Bonchev–Trinajstić information content (AvgIpc) is 2.49. The molecule has 0 aliphatic rings. The number of carbonyl (C=O) groups excluding carboxylic acids is 1. The molecule has 10 heteroatoms. The number of hydrogen-bond donors (Lipinski definition) is 3. The first-order valence-electron chi connectivity index (χ1n) is 6.91. The highest BCUT2D eigenvalue weighted by Gasteiger charge is 2.19. The van der Waals surface area contributed by atoms with Crippen molar-refractivity contribution in [2.45, 2.75) is 18.2 Å². The van der Waals surface area contributed by atoms with E-state index in [-0.39, 0.29) is 29.6 Å². The molecule has 24 heavy (non-hydrogen) atoms. The van der Waals surface area contributed by atoms with E-state index >= 15 is 0 Å². The van der Waals surface area contributed by atoms with Crippen molar-refractivity contribution in [3.63, 3.8) is 0 Å². The number of nitrogen functional groups attached to an aromatic ring is 1. The van der Waals surface area contributed by atoms with Crippen LogP contribution in [0.15, 0.2) is 40.0 Å². The van der Waals surface area contributed by atoms with E-state index in [0.29, 0.717) is 10.3 Å². The molecule has 0 saturated carbocycles. The van der Waals surface area contributed by atoms with Crippen LogP contribution in [0, 0.1) is 6.92 Å². The normalized spacial score (nSPS) is 11.2. The Morgan fingerprint density at radius 1 is 1.33 bits per heavy atom. The number of halogens is 1. The second-order valence-corrected chi connectivity index (χ2v) is 7.60. The van der Waals surface area contributed by atoms with Gasteiger partial charge in [0.25, 0.3) is 0 Å². The third-order valence-electron chi connectivity index (χ3n) is 2.96. The molecular weight excluding hydrogens is 398 g/mol. The Balaban J connectivity index is 1.93. The molecular formula is C14H16BrN5O3S. The zero-order chi connectivity index (χ0) is 17.7. The Kier molecular flexibility index (Phi) is 5.86. The molecule has 128 valence electrons. The Hall–Kier alpha value is -2.04. The fourth-order valence-corrected chi connectivity index (χ4v) is 3.45. The molecule has 0 aliphatic heterocycles. The number of sulfonamides is 1. The fourth-order valence-electron chi connectivity index (χ4n) is 1.83. The molecule has 1 amide bonds. The zero-order valence-electron chi connectivity index (χ0n) is 12.8. The summed E-state index contributed by atoms with van der Waals surface area (Å²) >= 11 is 3.14. The number of nitrogens with zero attached hydrogens (tertiary/aromatic N) is 2. The van der Waals surface area contributed by atoms with Crippen LogP contribution in [0.25, 0.3) is 0 Å². The molecule has 0 atom stereocenters. The smallest absolute Gasteiger partial charge is 0.244 e. The minimum absolute atomic E-state index is 0.0454. The largest absolute Gasteiger partial charge is 0.383 e. The number of aryl methyl sites for hydroxylation is 1. The molecule has 4 N–H and O–H groups in total. The lowest BCUT2D eigenvalue weighted by Crippen LogP contribution is -2.28. The summed E-state index contributed by atoms with van der Waals surface area (Å²) in [7, 11) is -3.85. The van der Waals surface area contributed by atoms with E-state index in [2.05, 4.69) is 35.9 Å². The molecule has 2 aromatic rings. The summed E-state index contributed by atoms with van der Waals surface area (Å²) in [4.78, 5) is 19.5. The molecule has 8 nitrogen and oxygen atoms in total. The molecule has 0 aliphatic carbocycles. The van der Waals surface area contributed by atoms with E-state index in [4.69, 9.17) is 5.73 Å². The average molecular weight is 414 g/mol. The lowest BCUT2D eigenvalue weighted by molar-refractivity contribution is -0.116. The van der Waals surface area contributed by atoms with E-state index < -0.39 is 10.0 Å². The Labute approximate surface area is 148 Å². The Bertz CT molecular complexity index is 857. The van der Waals surface area contributed by atoms with Crippen molar-refractivity contribution in [1.29, 1.82) is 0 Å². The van der Waals surface area contributed by atoms with Gasteiger partial charge in [-0.25, -0.2) is 23.1 Å². The second-order valence-electron chi connectivity index (χ2n) is 4.95. The summed E-state index contributed by atoms with van der Waals surface area (Å²) in [5.41, 5.74) is 6.54. The lowest BCUT2D eigenvalue weighted by atomic mass is 10.3. The van der Waals surface area contributed by atoms with Gasteiger partial charge in [-0.05, 0) is 46.6 Å². The molecule has 0 unspecified atom stereocenters.